The van der Waals surface area contributed by atoms with Crippen molar-refractivity contribution in [3.05, 3.63) is 57.7 Å². The highest BCUT2D eigenvalue weighted by atomic mass is 35.5. The molecule has 0 radical (unpaired) electrons. The molecule has 3 nitrogen and oxygen atoms in total. The Hall–Kier alpha value is -1.29. The first kappa shape index (κ1) is 16.1. The Balaban J connectivity index is 1.99. The fourth-order valence-electron chi connectivity index (χ4n) is 1.71. The summed E-state index contributed by atoms with van der Waals surface area (Å²) < 4.78 is 5.69. The van der Waals surface area contributed by atoms with E-state index in [1.165, 1.54) is 0 Å². The van der Waals surface area contributed by atoms with Crippen LogP contribution < -0.4 is 10.1 Å². The van der Waals surface area contributed by atoms with Crippen LogP contribution in [0.15, 0.2) is 36.4 Å². The predicted octanol–water partition coefficient (Wildman–Crippen LogP) is 4.47. The first-order valence-corrected chi connectivity index (χ1v) is 7.56. The van der Waals surface area contributed by atoms with Gasteiger partial charge in [-0.05, 0) is 23.8 Å². The van der Waals surface area contributed by atoms with Gasteiger partial charge in [-0.15, -0.1) is 0 Å². The molecule has 2 aromatic rings. The number of rotatable bonds is 6. The predicted molar refractivity (Wildman–Crippen MR) is 87.0 cm³/mol. The van der Waals surface area contributed by atoms with Gasteiger partial charge in [0.15, 0.2) is 0 Å². The molecule has 0 atom stereocenters. The van der Waals surface area contributed by atoms with E-state index in [4.69, 9.17) is 27.9 Å². The topological polar surface area (TPSA) is 34.2 Å². The van der Waals surface area contributed by atoms with Crippen LogP contribution in [0.5, 0.6) is 5.88 Å². The second-order valence-electron chi connectivity index (χ2n) is 5.03. The van der Waals surface area contributed by atoms with Crippen molar-refractivity contribution in [3.63, 3.8) is 0 Å². The van der Waals surface area contributed by atoms with Crippen molar-refractivity contribution in [2.75, 3.05) is 0 Å². The van der Waals surface area contributed by atoms with Crippen LogP contribution in [0.1, 0.15) is 25.1 Å². The second kappa shape index (κ2) is 7.64. The van der Waals surface area contributed by atoms with Crippen molar-refractivity contribution < 1.29 is 4.74 Å². The van der Waals surface area contributed by atoms with Crippen LogP contribution in [0.2, 0.25) is 10.0 Å². The lowest BCUT2D eigenvalue weighted by molar-refractivity contribution is 0.292. The first-order chi connectivity index (χ1) is 10.0. The SMILES string of the molecule is CC(C)NCc1nc(OCc2ccc(Cl)cc2)ccc1Cl. The zero-order valence-corrected chi connectivity index (χ0v) is 13.6. The number of hydrogen-bond acceptors (Lipinski definition) is 3. The van der Waals surface area contributed by atoms with E-state index in [0.29, 0.717) is 35.1 Å². The minimum atomic E-state index is 0.376. The molecule has 0 unspecified atom stereocenters. The summed E-state index contributed by atoms with van der Waals surface area (Å²) in [5.74, 6) is 0.565. The lowest BCUT2D eigenvalue weighted by Crippen LogP contribution is -2.22. The Labute approximate surface area is 135 Å². The normalized spacial score (nSPS) is 10.9. The highest BCUT2D eigenvalue weighted by molar-refractivity contribution is 6.31. The highest BCUT2D eigenvalue weighted by Gasteiger charge is 2.06. The molecule has 1 heterocycles. The number of hydrogen-bond donors (Lipinski definition) is 1. The third kappa shape index (κ3) is 5.20. The van der Waals surface area contributed by atoms with Crippen molar-refractivity contribution >= 4 is 23.2 Å². The molecular formula is C16H18Cl2N2O. The molecule has 0 saturated carbocycles. The van der Waals surface area contributed by atoms with E-state index in [1.807, 2.05) is 30.3 Å². The number of halogens is 2. The molecular weight excluding hydrogens is 307 g/mol. The van der Waals surface area contributed by atoms with Gasteiger partial charge >= 0.3 is 0 Å². The Morgan fingerprint density at radius 3 is 2.48 bits per heavy atom. The smallest absolute Gasteiger partial charge is 0.213 e. The fraction of sp³-hybridized carbons (Fsp3) is 0.312. The molecule has 0 aliphatic rings. The van der Waals surface area contributed by atoms with Crippen LogP contribution in [-0.4, -0.2) is 11.0 Å². The van der Waals surface area contributed by atoms with Crippen LogP contribution in [0.3, 0.4) is 0 Å². The monoisotopic (exact) mass is 324 g/mol. The maximum atomic E-state index is 6.14. The number of benzene rings is 1. The Kier molecular flexibility index (Phi) is 5.85. The molecule has 112 valence electrons. The number of pyridine rings is 1. The van der Waals surface area contributed by atoms with E-state index in [0.717, 1.165) is 11.3 Å². The molecule has 2 rings (SSSR count). The minimum absolute atomic E-state index is 0.376. The van der Waals surface area contributed by atoms with E-state index in [2.05, 4.69) is 24.1 Å². The summed E-state index contributed by atoms with van der Waals surface area (Å²) in [6, 6.07) is 11.5. The Morgan fingerprint density at radius 2 is 1.81 bits per heavy atom. The van der Waals surface area contributed by atoms with E-state index >= 15 is 0 Å². The van der Waals surface area contributed by atoms with Crippen LogP contribution >= 0.6 is 23.2 Å². The van der Waals surface area contributed by atoms with Crippen molar-refractivity contribution in [2.24, 2.45) is 0 Å². The molecule has 21 heavy (non-hydrogen) atoms. The summed E-state index contributed by atoms with van der Waals surface area (Å²) in [5.41, 5.74) is 1.83. The molecule has 0 spiro atoms. The number of nitrogens with one attached hydrogen (secondary N) is 1. The maximum absolute atomic E-state index is 6.14. The molecule has 5 heteroatoms. The molecule has 0 fully saturated rings. The number of ether oxygens (including phenoxy) is 1. The maximum Gasteiger partial charge on any atom is 0.213 e. The molecule has 1 aromatic heterocycles. The van der Waals surface area contributed by atoms with Gasteiger partial charge < -0.3 is 10.1 Å². The van der Waals surface area contributed by atoms with E-state index in [9.17, 15) is 0 Å². The quantitative estimate of drug-likeness (QED) is 0.851. The van der Waals surface area contributed by atoms with Crippen molar-refractivity contribution in [1.29, 1.82) is 0 Å². The van der Waals surface area contributed by atoms with E-state index in [-0.39, 0.29) is 0 Å². The second-order valence-corrected chi connectivity index (χ2v) is 5.87. The van der Waals surface area contributed by atoms with Gasteiger partial charge in [0.2, 0.25) is 5.88 Å². The fourth-order valence-corrected chi connectivity index (χ4v) is 2.01. The van der Waals surface area contributed by atoms with Gasteiger partial charge in [-0.25, -0.2) is 4.98 Å². The molecule has 0 aliphatic carbocycles. The zero-order chi connectivity index (χ0) is 15.2. The van der Waals surface area contributed by atoms with E-state index < -0.39 is 0 Å². The first-order valence-electron chi connectivity index (χ1n) is 6.80. The summed E-state index contributed by atoms with van der Waals surface area (Å²) in [4.78, 5) is 4.43. The average Bonchev–Trinajstić information content (AvgIpc) is 2.46. The van der Waals surface area contributed by atoms with Gasteiger partial charge in [0.05, 0.1) is 10.7 Å². The minimum Gasteiger partial charge on any atom is -0.473 e. The summed E-state index contributed by atoms with van der Waals surface area (Å²) >= 11 is 12.0. The van der Waals surface area contributed by atoms with E-state index in [1.54, 1.807) is 6.07 Å². The molecule has 1 aromatic carbocycles. The third-order valence-electron chi connectivity index (χ3n) is 2.87. The van der Waals surface area contributed by atoms with Crippen LogP contribution in [-0.2, 0) is 13.2 Å². The average molecular weight is 325 g/mol. The molecule has 0 saturated heterocycles. The van der Waals surface area contributed by atoms with Crippen LogP contribution in [0.4, 0.5) is 0 Å². The standard InChI is InChI=1S/C16H18Cl2N2O/c1-11(2)19-9-15-14(18)7-8-16(20-15)21-10-12-3-5-13(17)6-4-12/h3-8,11,19H,9-10H2,1-2H3. The highest BCUT2D eigenvalue weighted by Crippen LogP contribution is 2.19. The van der Waals surface area contributed by atoms with Crippen molar-refractivity contribution in [3.8, 4) is 5.88 Å². The third-order valence-corrected chi connectivity index (χ3v) is 3.47. The summed E-state index contributed by atoms with van der Waals surface area (Å²) in [5, 5.41) is 4.65. The van der Waals surface area contributed by atoms with Gasteiger partial charge in [0.1, 0.15) is 6.61 Å². The summed E-state index contributed by atoms with van der Waals surface area (Å²) in [6.45, 7) is 5.22. The van der Waals surface area contributed by atoms with Gasteiger partial charge in [0.25, 0.3) is 0 Å². The van der Waals surface area contributed by atoms with Crippen molar-refractivity contribution in [1.82, 2.24) is 10.3 Å². The summed E-state index contributed by atoms with van der Waals surface area (Å²) in [7, 11) is 0. The van der Waals surface area contributed by atoms with Gasteiger partial charge in [-0.2, -0.15) is 0 Å². The molecule has 0 bridgehead atoms. The summed E-state index contributed by atoms with van der Waals surface area (Å²) in [6.07, 6.45) is 0. The van der Waals surface area contributed by atoms with Gasteiger partial charge in [0, 0.05) is 23.7 Å². The molecule has 0 amide bonds. The Bertz CT molecular complexity index is 585. The Morgan fingerprint density at radius 1 is 1.10 bits per heavy atom. The van der Waals surface area contributed by atoms with Gasteiger partial charge in [-0.3, -0.25) is 0 Å². The van der Waals surface area contributed by atoms with Crippen LogP contribution in [0, 0.1) is 0 Å². The number of nitrogens with zero attached hydrogens (tertiary/aromatic N) is 1. The lowest BCUT2D eigenvalue weighted by atomic mass is 10.2. The zero-order valence-electron chi connectivity index (χ0n) is 12.1. The largest absolute Gasteiger partial charge is 0.473 e. The van der Waals surface area contributed by atoms with Crippen LogP contribution in [0.25, 0.3) is 0 Å². The lowest BCUT2D eigenvalue weighted by Gasteiger charge is -2.11. The van der Waals surface area contributed by atoms with Gasteiger partial charge in [-0.1, -0.05) is 49.2 Å². The van der Waals surface area contributed by atoms with Crippen molar-refractivity contribution in [2.45, 2.75) is 33.0 Å². The molecule has 1 N–H and O–H groups in total. The number of aromatic nitrogens is 1. The molecule has 0 aliphatic heterocycles.